The summed E-state index contributed by atoms with van der Waals surface area (Å²) in [5.74, 6) is 2.88. The summed E-state index contributed by atoms with van der Waals surface area (Å²) in [6, 6.07) is 11.9. The first-order chi connectivity index (χ1) is 18.0. The van der Waals surface area contributed by atoms with Crippen LogP contribution < -0.4 is 15.0 Å². The number of hydrogen-bond acceptors (Lipinski definition) is 6. The summed E-state index contributed by atoms with van der Waals surface area (Å²) in [5, 5.41) is 4.00. The van der Waals surface area contributed by atoms with Crippen LogP contribution in [0.5, 0.6) is 5.75 Å². The van der Waals surface area contributed by atoms with Gasteiger partial charge in [0.2, 0.25) is 11.9 Å². The normalized spacial score (nSPS) is 14.3. The molecule has 37 heavy (non-hydrogen) atoms. The molecule has 1 N–H and O–H groups in total. The minimum atomic E-state index is -0.0592. The van der Waals surface area contributed by atoms with Crippen LogP contribution >= 0.6 is 0 Å². The largest absolute Gasteiger partial charge is 0.492 e. The van der Waals surface area contributed by atoms with Crippen LogP contribution in [0.3, 0.4) is 0 Å². The maximum atomic E-state index is 12.0. The van der Waals surface area contributed by atoms with Crippen molar-refractivity contribution in [2.75, 3.05) is 29.9 Å². The van der Waals surface area contributed by atoms with E-state index in [1.165, 1.54) is 0 Å². The summed E-state index contributed by atoms with van der Waals surface area (Å²) in [5.41, 5.74) is 3.00. The van der Waals surface area contributed by atoms with E-state index in [0.29, 0.717) is 12.5 Å². The zero-order chi connectivity index (χ0) is 25.8. The van der Waals surface area contributed by atoms with Gasteiger partial charge in [0.15, 0.2) is 0 Å². The predicted octanol–water partition coefficient (Wildman–Crippen LogP) is 5.27. The van der Waals surface area contributed by atoms with Gasteiger partial charge in [-0.2, -0.15) is 0 Å². The molecule has 3 aromatic heterocycles. The fraction of sp³-hybridized carbons (Fsp3) is 0.379. The van der Waals surface area contributed by atoms with E-state index in [9.17, 15) is 4.79 Å². The molecule has 8 heteroatoms. The second-order valence-electron chi connectivity index (χ2n) is 9.94. The summed E-state index contributed by atoms with van der Waals surface area (Å²) in [6.45, 7) is 8.45. The molecule has 4 aromatic rings. The van der Waals surface area contributed by atoms with Crippen molar-refractivity contribution in [2.45, 2.75) is 40.0 Å². The molecule has 1 aliphatic rings. The quantitative estimate of drug-likeness (QED) is 0.356. The number of carbonyl (C=O) groups is 1. The van der Waals surface area contributed by atoms with E-state index in [2.05, 4.69) is 32.1 Å². The van der Waals surface area contributed by atoms with E-state index in [1.807, 2.05) is 73.4 Å². The van der Waals surface area contributed by atoms with Crippen molar-refractivity contribution in [1.82, 2.24) is 19.5 Å². The zero-order valence-electron chi connectivity index (χ0n) is 21.7. The van der Waals surface area contributed by atoms with Crippen LogP contribution in [0.1, 0.15) is 39.2 Å². The number of ether oxygens (including phenoxy) is 1. The first-order valence-electron chi connectivity index (χ1n) is 13.1. The number of aryl methyl sites for hydroxylation is 1. The Morgan fingerprint density at radius 2 is 1.84 bits per heavy atom. The van der Waals surface area contributed by atoms with Gasteiger partial charge in [-0.05, 0) is 67.1 Å². The lowest BCUT2D eigenvalue weighted by Crippen LogP contribution is -2.36. The van der Waals surface area contributed by atoms with Crippen LogP contribution in [0.2, 0.25) is 0 Å². The minimum Gasteiger partial charge on any atom is -0.492 e. The summed E-state index contributed by atoms with van der Waals surface area (Å²) in [6.07, 6.45) is 10.7. The number of anilines is 2. The van der Waals surface area contributed by atoms with Crippen LogP contribution in [0.25, 0.3) is 16.7 Å². The van der Waals surface area contributed by atoms with E-state index in [1.54, 1.807) is 6.20 Å². The molecule has 1 fully saturated rings. The lowest BCUT2D eigenvalue weighted by Gasteiger charge is -2.31. The third-order valence-electron chi connectivity index (χ3n) is 6.93. The molecule has 1 saturated heterocycles. The van der Waals surface area contributed by atoms with Crippen LogP contribution in [0.4, 0.5) is 11.6 Å². The Morgan fingerprint density at radius 1 is 1.05 bits per heavy atom. The number of benzene rings is 1. The molecule has 1 amide bonds. The third kappa shape index (κ3) is 5.74. The van der Waals surface area contributed by atoms with Crippen LogP contribution in [-0.2, 0) is 11.2 Å². The lowest BCUT2D eigenvalue weighted by atomic mass is 9.98. The summed E-state index contributed by atoms with van der Waals surface area (Å²) in [7, 11) is 0. The maximum absolute atomic E-state index is 12.0. The highest BCUT2D eigenvalue weighted by atomic mass is 16.5. The van der Waals surface area contributed by atoms with Crippen molar-refractivity contribution >= 4 is 28.4 Å². The fourth-order valence-electron chi connectivity index (χ4n) is 4.51. The van der Waals surface area contributed by atoms with Crippen LogP contribution in [0, 0.1) is 11.8 Å². The van der Waals surface area contributed by atoms with Crippen molar-refractivity contribution in [3.63, 3.8) is 0 Å². The Labute approximate surface area is 217 Å². The molecule has 0 radical (unpaired) electrons. The Morgan fingerprint density at radius 3 is 2.51 bits per heavy atom. The van der Waals surface area contributed by atoms with Crippen molar-refractivity contribution < 1.29 is 9.53 Å². The highest BCUT2D eigenvalue weighted by Gasteiger charge is 2.21. The molecule has 0 atom stereocenters. The molecule has 1 aromatic carbocycles. The molecule has 0 bridgehead atoms. The van der Waals surface area contributed by atoms with Gasteiger partial charge in [-0.15, -0.1) is 0 Å². The Balaban J connectivity index is 1.15. The van der Waals surface area contributed by atoms with Crippen molar-refractivity contribution in [2.24, 2.45) is 11.8 Å². The number of amides is 1. The molecule has 0 saturated carbocycles. The smallest absolute Gasteiger partial charge is 0.226 e. The summed E-state index contributed by atoms with van der Waals surface area (Å²) < 4.78 is 8.13. The molecule has 1 aliphatic heterocycles. The number of rotatable bonds is 8. The third-order valence-corrected chi connectivity index (χ3v) is 6.93. The summed E-state index contributed by atoms with van der Waals surface area (Å²) in [4.78, 5) is 27.9. The second kappa shape index (κ2) is 11.0. The maximum Gasteiger partial charge on any atom is 0.226 e. The topological polar surface area (TPSA) is 85.2 Å². The molecule has 5 rings (SSSR count). The van der Waals surface area contributed by atoms with Crippen LogP contribution in [-0.4, -0.2) is 45.1 Å². The number of hydrogen-bond donors (Lipinski definition) is 1. The molecular weight excluding hydrogens is 464 g/mol. The van der Waals surface area contributed by atoms with Gasteiger partial charge in [0.25, 0.3) is 0 Å². The van der Waals surface area contributed by atoms with E-state index in [4.69, 9.17) is 4.74 Å². The van der Waals surface area contributed by atoms with Gasteiger partial charge in [-0.25, -0.2) is 15.0 Å². The molecule has 8 nitrogen and oxygen atoms in total. The number of fused-ring (bicyclic) bond motifs is 1. The number of nitrogens with zero attached hydrogens (tertiary/aromatic N) is 5. The number of nitrogens with one attached hydrogen (secondary N) is 1. The van der Waals surface area contributed by atoms with Crippen molar-refractivity contribution in [3.8, 4) is 11.6 Å². The van der Waals surface area contributed by atoms with Gasteiger partial charge in [-0.3, -0.25) is 4.79 Å². The van der Waals surface area contributed by atoms with Gasteiger partial charge < -0.3 is 19.5 Å². The van der Waals surface area contributed by atoms with E-state index >= 15 is 0 Å². The van der Waals surface area contributed by atoms with Gasteiger partial charge in [0, 0.05) is 48.7 Å². The van der Waals surface area contributed by atoms with Crippen molar-refractivity contribution in [3.05, 3.63) is 66.7 Å². The van der Waals surface area contributed by atoms with E-state index in [-0.39, 0.29) is 11.8 Å². The fourth-order valence-corrected chi connectivity index (χ4v) is 4.51. The average molecular weight is 499 g/mol. The molecule has 192 valence electrons. The number of piperidine rings is 1. The van der Waals surface area contributed by atoms with Gasteiger partial charge >= 0.3 is 0 Å². The summed E-state index contributed by atoms with van der Waals surface area (Å²) >= 11 is 0. The Bertz CT molecular complexity index is 1340. The lowest BCUT2D eigenvalue weighted by molar-refractivity contribution is -0.118. The zero-order valence-corrected chi connectivity index (χ0v) is 21.7. The molecular formula is C29H34N6O2. The standard InChI is InChI=1S/C29H34N6O2/c1-4-21-16-31-29(32-17-21)34-12-9-22(10-13-34)19-37-25-6-8-27(30-18-25)35-14-11-23-15-24(5-7-26(23)35)33-28(36)20(2)3/h5-8,11,14-18,20,22H,4,9-10,12-13,19H2,1-3H3,(H,33,36). The molecule has 0 aliphatic carbocycles. The van der Waals surface area contributed by atoms with E-state index in [0.717, 1.165) is 72.0 Å². The number of pyridine rings is 1. The molecule has 0 unspecified atom stereocenters. The highest BCUT2D eigenvalue weighted by Crippen LogP contribution is 2.25. The average Bonchev–Trinajstić information content (AvgIpc) is 3.36. The van der Waals surface area contributed by atoms with Gasteiger partial charge in [-0.1, -0.05) is 20.8 Å². The highest BCUT2D eigenvalue weighted by molar-refractivity contribution is 5.95. The van der Waals surface area contributed by atoms with Crippen LogP contribution in [0.15, 0.2) is 61.2 Å². The predicted molar refractivity (Wildman–Crippen MR) is 146 cm³/mol. The Kier molecular flexibility index (Phi) is 7.35. The number of carbonyl (C=O) groups excluding carboxylic acids is 1. The monoisotopic (exact) mass is 498 g/mol. The molecule has 0 spiro atoms. The molecule has 4 heterocycles. The first-order valence-corrected chi connectivity index (χ1v) is 13.1. The minimum absolute atomic E-state index is 0.0114. The SMILES string of the molecule is CCc1cnc(N2CCC(COc3ccc(-n4ccc5cc(NC(=O)C(C)C)ccc54)nc3)CC2)nc1. The Hall–Kier alpha value is -3.94. The van der Waals surface area contributed by atoms with E-state index < -0.39 is 0 Å². The van der Waals surface area contributed by atoms with Crippen molar-refractivity contribution in [1.29, 1.82) is 0 Å². The van der Waals surface area contributed by atoms with Gasteiger partial charge in [0.05, 0.1) is 18.3 Å². The first kappa shape index (κ1) is 24.7. The number of aromatic nitrogens is 4. The van der Waals surface area contributed by atoms with Gasteiger partial charge in [0.1, 0.15) is 11.6 Å². The second-order valence-corrected chi connectivity index (χ2v) is 9.94.